The molecule has 0 heterocycles. The van der Waals surface area contributed by atoms with E-state index in [4.69, 9.17) is 4.74 Å². The minimum atomic E-state index is -3.78. The zero-order valence-corrected chi connectivity index (χ0v) is 14.8. The van der Waals surface area contributed by atoms with E-state index in [9.17, 15) is 23.3 Å². The fourth-order valence-corrected chi connectivity index (χ4v) is 3.31. The van der Waals surface area contributed by atoms with Gasteiger partial charge < -0.3 is 4.74 Å². The van der Waals surface area contributed by atoms with Crippen LogP contribution in [0.25, 0.3) is 0 Å². The van der Waals surface area contributed by atoms with E-state index in [0.29, 0.717) is 0 Å². The van der Waals surface area contributed by atoms with E-state index in [0.717, 1.165) is 35.1 Å². The van der Waals surface area contributed by atoms with Crippen molar-refractivity contribution in [3.8, 4) is 0 Å². The number of ether oxygens (including phenoxy) is 1. The summed E-state index contributed by atoms with van der Waals surface area (Å²) in [6.45, 7) is 3.86. The molecular formula is C17H17NO6S. The van der Waals surface area contributed by atoms with Gasteiger partial charge in [-0.3, -0.25) is 10.1 Å². The quantitative estimate of drug-likeness (QED) is 0.459. The molecule has 0 unspecified atom stereocenters. The zero-order valence-electron chi connectivity index (χ0n) is 14.0. The van der Waals surface area contributed by atoms with Crippen LogP contribution in [-0.4, -0.2) is 25.6 Å². The van der Waals surface area contributed by atoms with Gasteiger partial charge in [-0.25, -0.2) is 13.2 Å². The van der Waals surface area contributed by atoms with Gasteiger partial charge in [0.05, 0.1) is 10.5 Å². The van der Waals surface area contributed by atoms with E-state index < -0.39 is 31.3 Å². The second-order valence-corrected chi connectivity index (χ2v) is 7.77. The number of nitro benzene ring substituents is 1. The van der Waals surface area contributed by atoms with Crippen LogP contribution in [0.15, 0.2) is 41.3 Å². The van der Waals surface area contributed by atoms with E-state index in [1.807, 2.05) is 32.0 Å². The summed E-state index contributed by atoms with van der Waals surface area (Å²) in [5.41, 5.74) is 2.12. The third-order valence-corrected chi connectivity index (χ3v) is 4.59. The van der Waals surface area contributed by atoms with Gasteiger partial charge in [0.15, 0.2) is 9.84 Å². The van der Waals surface area contributed by atoms with Crippen LogP contribution < -0.4 is 0 Å². The van der Waals surface area contributed by atoms with Gasteiger partial charge in [0, 0.05) is 12.3 Å². The van der Waals surface area contributed by atoms with Crippen LogP contribution in [0.3, 0.4) is 0 Å². The SMILES string of the molecule is Cc1cc(C)cc(COC(=O)c2ccc(S(C)(=O)=O)c([N+](=O)[O-])c2)c1. The minimum Gasteiger partial charge on any atom is -0.457 e. The largest absolute Gasteiger partial charge is 0.457 e. The number of carbonyl (C=O) groups excluding carboxylic acids is 1. The summed E-state index contributed by atoms with van der Waals surface area (Å²) in [5.74, 6) is -0.762. The van der Waals surface area contributed by atoms with Crippen LogP contribution in [0, 0.1) is 24.0 Å². The molecule has 0 aliphatic heterocycles. The summed E-state index contributed by atoms with van der Waals surface area (Å²) in [7, 11) is -3.78. The molecule has 0 saturated heterocycles. The first-order chi connectivity index (χ1) is 11.6. The summed E-state index contributed by atoms with van der Waals surface area (Å²) >= 11 is 0. The van der Waals surface area contributed by atoms with Crippen LogP contribution in [0.4, 0.5) is 5.69 Å². The normalized spacial score (nSPS) is 11.2. The van der Waals surface area contributed by atoms with Crippen molar-refractivity contribution in [3.05, 3.63) is 68.8 Å². The summed E-state index contributed by atoms with van der Waals surface area (Å²) < 4.78 is 28.4. The summed E-state index contributed by atoms with van der Waals surface area (Å²) in [6.07, 6.45) is 0.868. The number of nitrogens with zero attached hydrogens (tertiary/aromatic N) is 1. The number of benzene rings is 2. The van der Waals surface area contributed by atoms with Crippen molar-refractivity contribution in [2.24, 2.45) is 0 Å². The molecule has 0 aliphatic carbocycles. The van der Waals surface area contributed by atoms with Gasteiger partial charge in [0.1, 0.15) is 11.5 Å². The fourth-order valence-electron chi connectivity index (χ4n) is 2.49. The second kappa shape index (κ2) is 7.02. The lowest BCUT2D eigenvalue weighted by atomic mass is 10.1. The number of rotatable bonds is 5. The number of sulfone groups is 1. The molecule has 2 aromatic rings. The maximum Gasteiger partial charge on any atom is 0.338 e. The maximum absolute atomic E-state index is 12.1. The molecular weight excluding hydrogens is 346 g/mol. The number of nitro groups is 1. The van der Waals surface area contributed by atoms with Crippen LogP contribution in [-0.2, 0) is 21.2 Å². The molecule has 0 radical (unpaired) electrons. The molecule has 0 aromatic heterocycles. The van der Waals surface area contributed by atoms with E-state index in [-0.39, 0.29) is 12.2 Å². The molecule has 0 aliphatic rings. The Morgan fingerprint density at radius 3 is 2.24 bits per heavy atom. The number of carbonyl (C=O) groups is 1. The highest BCUT2D eigenvalue weighted by atomic mass is 32.2. The lowest BCUT2D eigenvalue weighted by molar-refractivity contribution is -0.387. The summed E-state index contributed by atoms with van der Waals surface area (Å²) in [5, 5.41) is 11.1. The Balaban J connectivity index is 2.25. The van der Waals surface area contributed by atoms with E-state index in [2.05, 4.69) is 0 Å². The predicted octanol–water partition coefficient (Wildman–Crippen LogP) is 2.97. The maximum atomic E-state index is 12.1. The van der Waals surface area contributed by atoms with E-state index in [1.165, 1.54) is 6.07 Å². The Bertz CT molecular complexity index is 929. The van der Waals surface area contributed by atoms with Crippen molar-refractivity contribution in [2.45, 2.75) is 25.3 Å². The molecule has 0 saturated carbocycles. The Morgan fingerprint density at radius 1 is 1.12 bits per heavy atom. The zero-order chi connectivity index (χ0) is 18.8. The average molecular weight is 363 g/mol. The van der Waals surface area contributed by atoms with E-state index >= 15 is 0 Å². The van der Waals surface area contributed by atoms with Crippen LogP contribution in [0.5, 0.6) is 0 Å². The van der Waals surface area contributed by atoms with Crippen molar-refractivity contribution in [1.82, 2.24) is 0 Å². The average Bonchev–Trinajstić information content (AvgIpc) is 2.50. The highest BCUT2D eigenvalue weighted by Gasteiger charge is 2.24. The van der Waals surface area contributed by atoms with Crippen LogP contribution in [0.2, 0.25) is 0 Å². The highest BCUT2D eigenvalue weighted by molar-refractivity contribution is 7.90. The fraction of sp³-hybridized carbons (Fsp3) is 0.235. The van der Waals surface area contributed by atoms with Crippen molar-refractivity contribution >= 4 is 21.5 Å². The second-order valence-electron chi connectivity index (χ2n) is 5.78. The highest BCUT2D eigenvalue weighted by Crippen LogP contribution is 2.25. The molecule has 0 atom stereocenters. The molecule has 25 heavy (non-hydrogen) atoms. The molecule has 132 valence electrons. The monoisotopic (exact) mass is 363 g/mol. The third-order valence-electron chi connectivity index (χ3n) is 3.44. The Morgan fingerprint density at radius 2 is 1.72 bits per heavy atom. The van der Waals surface area contributed by atoms with Crippen molar-refractivity contribution in [2.75, 3.05) is 6.26 Å². The van der Waals surface area contributed by atoms with Gasteiger partial charge in [-0.05, 0) is 31.5 Å². The Labute approximate surface area is 145 Å². The Hall–Kier alpha value is -2.74. The Kier molecular flexibility index (Phi) is 5.22. The lowest BCUT2D eigenvalue weighted by Gasteiger charge is -2.08. The molecule has 0 N–H and O–H groups in total. The van der Waals surface area contributed by atoms with Crippen LogP contribution in [0.1, 0.15) is 27.0 Å². The first kappa shape index (κ1) is 18.6. The molecule has 2 aromatic carbocycles. The number of hydrogen-bond donors (Lipinski definition) is 0. The summed E-state index contributed by atoms with van der Waals surface area (Å²) in [6, 6.07) is 8.89. The molecule has 0 fully saturated rings. The van der Waals surface area contributed by atoms with E-state index in [1.54, 1.807) is 0 Å². The summed E-state index contributed by atoms with van der Waals surface area (Å²) in [4.78, 5) is 21.9. The molecule has 0 amide bonds. The van der Waals surface area contributed by atoms with Gasteiger partial charge in [0.25, 0.3) is 5.69 Å². The first-order valence-corrected chi connectivity index (χ1v) is 9.20. The van der Waals surface area contributed by atoms with Crippen LogP contribution >= 0.6 is 0 Å². The topological polar surface area (TPSA) is 104 Å². The van der Waals surface area contributed by atoms with Crippen molar-refractivity contribution < 1.29 is 22.9 Å². The van der Waals surface area contributed by atoms with Gasteiger partial charge in [-0.2, -0.15) is 0 Å². The number of esters is 1. The smallest absolute Gasteiger partial charge is 0.338 e. The van der Waals surface area contributed by atoms with Gasteiger partial charge in [0.2, 0.25) is 0 Å². The van der Waals surface area contributed by atoms with Crippen molar-refractivity contribution in [3.63, 3.8) is 0 Å². The van der Waals surface area contributed by atoms with Crippen molar-refractivity contribution in [1.29, 1.82) is 0 Å². The number of aryl methyl sites for hydroxylation is 2. The first-order valence-electron chi connectivity index (χ1n) is 7.31. The molecule has 0 bridgehead atoms. The lowest BCUT2D eigenvalue weighted by Crippen LogP contribution is -2.08. The standard InChI is InChI=1S/C17H17NO6S/c1-11-6-12(2)8-13(7-11)10-24-17(19)14-4-5-16(25(3,22)23)15(9-14)18(20)21/h4-9H,10H2,1-3H3. The van der Waals surface area contributed by atoms with Gasteiger partial charge in [-0.1, -0.05) is 29.3 Å². The minimum absolute atomic E-state index is 0.0168. The predicted molar refractivity (Wildman–Crippen MR) is 91.2 cm³/mol. The molecule has 8 heteroatoms. The van der Waals surface area contributed by atoms with Gasteiger partial charge in [-0.15, -0.1) is 0 Å². The molecule has 7 nitrogen and oxygen atoms in total. The molecule has 2 rings (SSSR count). The number of hydrogen-bond acceptors (Lipinski definition) is 6. The van der Waals surface area contributed by atoms with Gasteiger partial charge >= 0.3 is 5.97 Å². The molecule has 0 spiro atoms. The third kappa shape index (κ3) is 4.63.